The van der Waals surface area contributed by atoms with Crippen LogP contribution < -0.4 is 10.1 Å². The topological polar surface area (TPSA) is 34.4 Å². The first-order valence-electron chi connectivity index (χ1n) is 7.26. The minimum Gasteiger partial charge on any atom is -0.459 e. The Morgan fingerprint density at radius 1 is 1.05 bits per heavy atom. The smallest absolute Gasteiger partial charge is 0.134 e. The molecule has 108 valence electrons. The largest absolute Gasteiger partial charge is 0.459 e. The normalized spacial score (nSPS) is 12.5. The van der Waals surface area contributed by atoms with E-state index in [4.69, 9.17) is 9.15 Å². The molecule has 3 nitrogen and oxygen atoms in total. The molecule has 1 aromatic heterocycles. The van der Waals surface area contributed by atoms with Crippen LogP contribution >= 0.6 is 0 Å². The van der Waals surface area contributed by atoms with Gasteiger partial charge in [0.05, 0.1) is 6.04 Å². The van der Waals surface area contributed by atoms with Crippen LogP contribution in [0, 0.1) is 0 Å². The highest BCUT2D eigenvalue weighted by atomic mass is 16.5. The van der Waals surface area contributed by atoms with E-state index in [2.05, 4.69) is 25.2 Å². The van der Waals surface area contributed by atoms with Gasteiger partial charge in [-0.05, 0) is 49.9 Å². The van der Waals surface area contributed by atoms with Crippen molar-refractivity contribution in [3.05, 3.63) is 60.4 Å². The fourth-order valence-corrected chi connectivity index (χ4v) is 2.35. The van der Waals surface area contributed by atoms with Crippen molar-refractivity contribution in [1.29, 1.82) is 0 Å². The standard InChI is InChI=1S/C18H19NO2/c1-3-19-13(2)18-12-14-11-16(9-10-17(14)21-18)20-15-7-5-4-6-8-15/h4-13,19H,3H2,1-2H3. The minimum absolute atomic E-state index is 0.209. The van der Waals surface area contributed by atoms with Gasteiger partial charge < -0.3 is 14.5 Å². The molecule has 1 heterocycles. The molecular formula is C18H19NO2. The molecule has 1 atom stereocenters. The maximum atomic E-state index is 5.87. The van der Waals surface area contributed by atoms with Crippen LogP contribution in [0.25, 0.3) is 11.0 Å². The van der Waals surface area contributed by atoms with Crippen molar-refractivity contribution < 1.29 is 9.15 Å². The third kappa shape index (κ3) is 3.09. The molecular weight excluding hydrogens is 262 g/mol. The molecule has 0 amide bonds. The second-order valence-electron chi connectivity index (χ2n) is 5.04. The van der Waals surface area contributed by atoms with E-state index in [0.717, 1.165) is 34.8 Å². The van der Waals surface area contributed by atoms with Gasteiger partial charge in [-0.1, -0.05) is 25.1 Å². The number of para-hydroxylation sites is 1. The summed E-state index contributed by atoms with van der Waals surface area (Å²) in [5, 5.41) is 4.41. The van der Waals surface area contributed by atoms with Gasteiger partial charge in [0, 0.05) is 5.39 Å². The van der Waals surface area contributed by atoms with Crippen molar-refractivity contribution in [3.63, 3.8) is 0 Å². The van der Waals surface area contributed by atoms with Crippen LogP contribution in [0.1, 0.15) is 25.6 Å². The molecule has 1 unspecified atom stereocenters. The Balaban J connectivity index is 1.86. The summed E-state index contributed by atoms with van der Waals surface area (Å²) >= 11 is 0. The zero-order valence-corrected chi connectivity index (χ0v) is 12.3. The van der Waals surface area contributed by atoms with Gasteiger partial charge in [-0.25, -0.2) is 0 Å². The Morgan fingerprint density at radius 2 is 1.86 bits per heavy atom. The maximum Gasteiger partial charge on any atom is 0.134 e. The van der Waals surface area contributed by atoms with Crippen molar-refractivity contribution >= 4 is 11.0 Å². The first-order chi connectivity index (χ1) is 10.3. The second-order valence-corrected chi connectivity index (χ2v) is 5.04. The van der Waals surface area contributed by atoms with Crippen LogP contribution in [0.2, 0.25) is 0 Å². The van der Waals surface area contributed by atoms with Crippen molar-refractivity contribution in [1.82, 2.24) is 5.32 Å². The number of rotatable bonds is 5. The minimum atomic E-state index is 0.209. The second kappa shape index (κ2) is 6.02. The summed E-state index contributed by atoms with van der Waals surface area (Å²) in [5.41, 5.74) is 0.884. The summed E-state index contributed by atoms with van der Waals surface area (Å²) in [6.45, 7) is 5.11. The van der Waals surface area contributed by atoms with E-state index in [1.54, 1.807) is 0 Å². The van der Waals surface area contributed by atoms with E-state index in [0.29, 0.717) is 0 Å². The van der Waals surface area contributed by atoms with E-state index < -0.39 is 0 Å². The molecule has 3 rings (SSSR count). The number of fused-ring (bicyclic) bond motifs is 1. The SMILES string of the molecule is CCNC(C)c1cc2cc(Oc3ccccc3)ccc2o1. The van der Waals surface area contributed by atoms with Crippen LogP contribution in [0.3, 0.4) is 0 Å². The number of nitrogens with one attached hydrogen (secondary N) is 1. The molecule has 0 radical (unpaired) electrons. The predicted octanol–water partition coefficient (Wildman–Crippen LogP) is 4.90. The summed E-state index contributed by atoms with van der Waals surface area (Å²) in [5.74, 6) is 2.60. The zero-order chi connectivity index (χ0) is 14.7. The molecule has 0 aliphatic carbocycles. The third-order valence-corrected chi connectivity index (χ3v) is 3.42. The van der Waals surface area contributed by atoms with Gasteiger partial charge in [-0.15, -0.1) is 0 Å². The summed E-state index contributed by atoms with van der Waals surface area (Å²) < 4.78 is 11.7. The summed E-state index contributed by atoms with van der Waals surface area (Å²) in [7, 11) is 0. The quantitative estimate of drug-likeness (QED) is 0.722. The van der Waals surface area contributed by atoms with Crippen molar-refractivity contribution in [2.45, 2.75) is 19.9 Å². The average Bonchev–Trinajstić information content (AvgIpc) is 2.92. The van der Waals surface area contributed by atoms with Crippen LogP contribution in [-0.2, 0) is 0 Å². The molecule has 21 heavy (non-hydrogen) atoms. The van der Waals surface area contributed by atoms with E-state index in [9.17, 15) is 0 Å². The maximum absolute atomic E-state index is 5.87. The van der Waals surface area contributed by atoms with Gasteiger partial charge in [-0.2, -0.15) is 0 Å². The van der Waals surface area contributed by atoms with Crippen LogP contribution in [0.15, 0.2) is 59.0 Å². The average molecular weight is 281 g/mol. The lowest BCUT2D eigenvalue weighted by Crippen LogP contribution is -2.16. The summed E-state index contributed by atoms with van der Waals surface area (Å²) in [6.07, 6.45) is 0. The Labute approximate surface area is 124 Å². The number of furan rings is 1. The van der Waals surface area contributed by atoms with E-state index in [1.807, 2.05) is 48.5 Å². The molecule has 0 saturated carbocycles. The Hall–Kier alpha value is -2.26. The van der Waals surface area contributed by atoms with E-state index >= 15 is 0 Å². The van der Waals surface area contributed by atoms with E-state index in [-0.39, 0.29) is 6.04 Å². The number of benzene rings is 2. The molecule has 2 aromatic carbocycles. The molecule has 3 aromatic rings. The highest BCUT2D eigenvalue weighted by Gasteiger charge is 2.11. The first-order valence-corrected chi connectivity index (χ1v) is 7.26. The fraction of sp³-hybridized carbons (Fsp3) is 0.222. The fourth-order valence-electron chi connectivity index (χ4n) is 2.35. The first kappa shape index (κ1) is 13.7. The molecule has 0 aliphatic heterocycles. The molecule has 0 bridgehead atoms. The van der Waals surface area contributed by atoms with E-state index in [1.165, 1.54) is 0 Å². The highest BCUT2D eigenvalue weighted by molar-refractivity contribution is 5.79. The molecule has 3 heteroatoms. The van der Waals surface area contributed by atoms with Gasteiger partial charge in [0.2, 0.25) is 0 Å². The lowest BCUT2D eigenvalue weighted by atomic mass is 10.2. The Kier molecular flexibility index (Phi) is 3.93. The van der Waals surface area contributed by atoms with Crippen LogP contribution in [-0.4, -0.2) is 6.54 Å². The van der Waals surface area contributed by atoms with Gasteiger partial charge in [-0.3, -0.25) is 0 Å². The predicted molar refractivity (Wildman–Crippen MR) is 84.8 cm³/mol. The molecule has 1 N–H and O–H groups in total. The lowest BCUT2D eigenvalue weighted by Gasteiger charge is -2.07. The van der Waals surface area contributed by atoms with Crippen LogP contribution in [0.4, 0.5) is 0 Å². The van der Waals surface area contributed by atoms with Crippen molar-refractivity contribution in [3.8, 4) is 11.5 Å². The lowest BCUT2D eigenvalue weighted by molar-refractivity contribution is 0.459. The molecule has 0 spiro atoms. The summed E-state index contributed by atoms with van der Waals surface area (Å²) in [4.78, 5) is 0. The van der Waals surface area contributed by atoms with Crippen LogP contribution in [0.5, 0.6) is 11.5 Å². The summed E-state index contributed by atoms with van der Waals surface area (Å²) in [6, 6.07) is 18.0. The molecule has 0 aliphatic rings. The number of hydrogen-bond acceptors (Lipinski definition) is 3. The van der Waals surface area contributed by atoms with Crippen molar-refractivity contribution in [2.24, 2.45) is 0 Å². The highest BCUT2D eigenvalue weighted by Crippen LogP contribution is 2.29. The van der Waals surface area contributed by atoms with Gasteiger partial charge in [0.25, 0.3) is 0 Å². The third-order valence-electron chi connectivity index (χ3n) is 3.42. The molecule has 0 fully saturated rings. The van der Waals surface area contributed by atoms with Gasteiger partial charge in [0.1, 0.15) is 22.8 Å². The number of ether oxygens (including phenoxy) is 1. The Morgan fingerprint density at radius 3 is 2.62 bits per heavy atom. The van der Waals surface area contributed by atoms with Gasteiger partial charge >= 0.3 is 0 Å². The Bertz CT molecular complexity index is 718. The monoisotopic (exact) mass is 281 g/mol. The zero-order valence-electron chi connectivity index (χ0n) is 12.3. The van der Waals surface area contributed by atoms with Crippen molar-refractivity contribution in [2.75, 3.05) is 6.54 Å². The van der Waals surface area contributed by atoms with Gasteiger partial charge in [0.15, 0.2) is 0 Å². The molecule has 0 saturated heterocycles. The number of hydrogen-bond donors (Lipinski definition) is 1.